The minimum Gasteiger partial charge on any atom is -0.484 e. The number of carbonyl (C=O) groups excluding carboxylic acids is 1. The zero-order valence-corrected chi connectivity index (χ0v) is 11.5. The van der Waals surface area contributed by atoms with Gasteiger partial charge in [0, 0.05) is 6.20 Å². The molecule has 0 radical (unpaired) electrons. The first-order valence-electron chi connectivity index (χ1n) is 6.29. The molecule has 0 fully saturated rings. The lowest BCUT2D eigenvalue weighted by atomic mass is 10.2. The van der Waals surface area contributed by atoms with E-state index in [1.807, 2.05) is 18.2 Å². The summed E-state index contributed by atoms with van der Waals surface area (Å²) >= 11 is 0. The third-order valence-electron chi connectivity index (χ3n) is 2.69. The molecule has 2 N–H and O–H groups in total. The predicted molar refractivity (Wildman–Crippen MR) is 77.8 cm³/mol. The van der Waals surface area contributed by atoms with Gasteiger partial charge in [-0.05, 0) is 43.3 Å². The van der Waals surface area contributed by atoms with E-state index in [9.17, 15) is 4.79 Å². The number of amides is 1. The molecule has 0 unspecified atom stereocenters. The van der Waals surface area contributed by atoms with Crippen molar-refractivity contribution in [2.75, 3.05) is 6.61 Å². The minimum absolute atomic E-state index is 0.145. The highest BCUT2D eigenvalue weighted by molar-refractivity contribution is 5.97. The average molecular weight is 282 g/mol. The molecular weight excluding hydrogens is 268 g/mol. The topological polar surface area (TPSA) is 90.3 Å². The first kappa shape index (κ1) is 14.3. The SMILES string of the molecule is C/C(=N\NC(=O)COc1ccc(C#N)cc1)c1ccc[nH]1. The minimum atomic E-state index is -0.356. The molecule has 6 heteroatoms. The van der Waals surface area contributed by atoms with E-state index < -0.39 is 0 Å². The molecule has 1 heterocycles. The molecule has 0 aliphatic heterocycles. The molecule has 0 saturated heterocycles. The van der Waals surface area contributed by atoms with E-state index in [0.29, 0.717) is 17.0 Å². The van der Waals surface area contributed by atoms with Crippen LogP contribution in [0.1, 0.15) is 18.2 Å². The summed E-state index contributed by atoms with van der Waals surface area (Å²) in [6, 6.07) is 12.2. The Labute approximate surface area is 122 Å². The van der Waals surface area contributed by atoms with Crippen molar-refractivity contribution in [2.24, 2.45) is 5.10 Å². The van der Waals surface area contributed by atoms with E-state index in [2.05, 4.69) is 15.5 Å². The van der Waals surface area contributed by atoms with Crippen LogP contribution in [0.5, 0.6) is 5.75 Å². The first-order chi connectivity index (χ1) is 10.2. The average Bonchev–Trinajstić information content (AvgIpc) is 3.05. The number of hydrogen-bond donors (Lipinski definition) is 2. The molecule has 0 spiro atoms. The number of hydrazone groups is 1. The van der Waals surface area contributed by atoms with E-state index in [4.69, 9.17) is 10.00 Å². The highest BCUT2D eigenvalue weighted by Gasteiger charge is 2.03. The second kappa shape index (κ2) is 6.91. The summed E-state index contributed by atoms with van der Waals surface area (Å²) in [5, 5.41) is 12.6. The van der Waals surface area contributed by atoms with Gasteiger partial charge in [0.2, 0.25) is 0 Å². The van der Waals surface area contributed by atoms with E-state index in [0.717, 1.165) is 5.69 Å². The van der Waals surface area contributed by atoms with Crippen molar-refractivity contribution in [1.82, 2.24) is 10.4 Å². The standard InChI is InChI=1S/C15H14N4O2/c1-11(14-3-2-8-17-14)18-19-15(20)10-21-13-6-4-12(9-16)5-7-13/h2-8,17H,10H2,1H3,(H,19,20)/b18-11+. The van der Waals surface area contributed by atoms with Gasteiger partial charge in [-0.2, -0.15) is 10.4 Å². The van der Waals surface area contributed by atoms with Gasteiger partial charge in [0.15, 0.2) is 6.61 Å². The lowest BCUT2D eigenvalue weighted by Gasteiger charge is -2.05. The van der Waals surface area contributed by atoms with Crippen LogP contribution in [0.4, 0.5) is 0 Å². The Morgan fingerprint density at radius 3 is 2.76 bits per heavy atom. The van der Waals surface area contributed by atoms with Gasteiger partial charge in [-0.15, -0.1) is 0 Å². The second-order valence-corrected chi connectivity index (χ2v) is 4.24. The molecule has 0 saturated carbocycles. The first-order valence-corrected chi connectivity index (χ1v) is 6.29. The van der Waals surface area contributed by atoms with Gasteiger partial charge in [-0.3, -0.25) is 4.79 Å². The third-order valence-corrected chi connectivity index (χ3v) is 2.69. The predicted octanol–water partition coefficient (Wildman–Crippen LogP) is 1.81. The van der Waals surface area contributed by atoms with Crippen LogP contribution in [0.15, 0.2) is 47.7 Å². The fraction of sp³-hybridized carbons (Fsp3) is 0.133. The molecule has 1 aromatic carbocycles. The number of ether oxygens (including phenoxy) is 1. The zero-order chi connectivity index (χ0) is 15.1. The van der Waals surface area contributed by atoms with Gasteiger partial charge in [0.1, 0.15) is 5.75 Å². The zero-order valence-electron chi connectivity index (χ0n) is 11.5. The van der Waals surface area contributed by atoms with E-state index in [-0.39, 0.29) is 12.5 Å². The Hall–Kier alpha value is -3.07. The van der Waals surface area contributed by atoms with E-state index in [1.54, 1.807) is 37.4 Å². The lowest BCUT2D eigenvalue weighted by molar-refractivity contribution is -0.123. The van der Waals surface area contributed by atoms with Crippen molar-refractivity contribution >= 4 is 11.6 Å². The van der Waals surface area contributed by atoms with Crippen LogP contribution in [0.2, 0.25) is 0 Å². The number of aromatic amines is 1. The Morgan fingerprint density at radius 1 is 1.38 bits per heavy atom. The maximum Gasteiger partial charge on any atom is 0.277 e. The molecule has 106 valence electrons. The monoisotopic (exact) mass is 282 g/mol. The lowest BCUT2D eigenvalue weighted by Crippen LogP contribution is -2.25. The van der Waals surface area contributed by atoms with Crippen molar-refractivity contribution < 1.29 is 9.53 Å². The maximum absolute atomic E-state index is 11.6. The molecule has 0 atom stereocenters. The van der Waals surface area contributed by atoms with Crippen molar-refractivity contribution in [3.63, 3.8) is 0 Å². The normalized spacial score (nSPS) is 10.8. The highest BCUT2D eigenvalue weighted by Crippen LogP contribution is 2.11. The van der Waals surface area contributed by atoms with Gasteiger partial charge in [-0.25, -0.2) is 5.43 Å². The summed E-state index contributed by atoms with van der Waals surface area (Å²) in [6.45, 7) is 1.64. The van der Waals surface area contributed by atoms with Crippen molar-refractivity contribution in [3.8, 4) is 11.8 Å². The molecule has 0 aliphatic carbocycles. The van der Waals surface area contributed by atoms with Crippen LogP contribution in [0, 0.1) is 11.3 Å². The van der Waals surface area contributed by atoms with Gasteiger partial charge < -0.3 is 9.72 Å². The van der Waals surface area contributed by atoms with Crippen molar-refractivity contribution in [2.45, 2.75) is 6.92 Å². The van der Waals surface area contributed by atoms with Crippen molar-refractivity contribution in [1.29, 1.82) is 5.26 Å². The molecule has 21 heavy (non-hydrogen) atoms. The van der Waals surface area contributed by atoms with Crippen molar-refractivity contribution in [3.05, 3.63) is 53.9 Å². The van der Waals surface area contributed by atoms with Crippen LogP contribution in [-0.4, -0.2) is 23.2 Å². The molecule has 0 aliphatic rings. The molecule has 2 rings (SSSR count). The number of carbonyl (C=O) groups is 1. The van der Waals surface area contributed by atoms with Crippen LogP contribution in [0.25, 0.3) is 0 Å². The Morgan fingerprint density at radius 2 is 2.14 bits per heavy atom. The fourth-order valence-electron chi connectivity index (χ4n) is 1.57. The van der Waals surface area contributed by atoms with E-state index in [1.165, 1.54) is 0 Å². The fourth-order valence-corrected chi connectivity index (χ4v) is 1.57. The summed E-state index contributed by atoms with van der Waals surface area (Å²) in [5.41, 5.74) is 4.46. The molecule has 2 aromatic rings. The quantitative estimate of drug-likeness (QED) is 0.647. The highest BCUT2D eigenvalue weighted by atomic mass is 16.5. The second-order valence-electron chi connectivity index (χ2n) is 4.24. The van der Waals surface area contributed by atoms with E-state index >= 15 is 0 Å². The number of rotatable bonds is 5. The number of nitrogens with zero attached hydrogens (tertiary/aromatic N) is 2. The summed E-state index contributed by atoms with van der Waals surface area (Å²) in [7, 11) is 0. The van der Waals surface area contributed by atoms with Crippen LogP contribution >= 0.6 is 0 Å². The molecular formula is C15H14N4O2. The van der Waals surface area contributed by atoms with Crippen LogP contribution in [0.3, 0.4) is 0 Å². The van der Waals surface area contributed by atoms with Crippen LogP contribution in [-0.2, 0) is 4.79 Å². The molecule has 6 nitrogen and oxygen atoms in total. The van der Waals surface area contributed by atoms with Gasteiger partial charge in [0.05, 0.1) is 23.0 Å². The summed E-state index contributed by atoms with van der Waals surface area (Å²) < 4.78 is 5.29. The number of H-pyrrole nitrogens is 1. The Kier molecular flexibility index (Phi) is 4.72. The number of nitriles is 1. The molecule has 1 aromatic heterocycles. The van der Waals surface area contributed by atoms with Gasteiger partial charge >= 0.3 is 0 Å². The number of aromatic nitrogens is 1. The number of nitrogens with one attached hydrogen (secondary N) is 2. The van der Waals surface area contributed by atoms with Gasteiger partial charge in [0.25, 0.3) is 5.91 Å². The molecule has 1 amide bonds. The Bertz CT molecular complexity index is 667. The molecule has 0 bridgehead atoms. The van der Waals surface area contributed by atoms with Crippen LogP contribution < -0.4 is 10.2 Å². The summed E-state index contributed by atoms with van der Waals surface area (Å²) in [5.74, 6) is 0.166. The third kappa shape index (κ3) is 4.21. The maximum atomic E-state index is 11.6. The number of benzene rings is 1. The summed E-state index contributed by atoms with van der Waals surface area (Å²) in [4.78, 5) is 14.6. The summed E-state index contributed by atoms with van der Waals surface area (Å²) in [6.07, 6.45) is 1.78. The largest absolute Gasteiger partial charge is 0.484 e. The smallest absolute Gasteiger partial charge is 0.277 e. The Balaban J connectivity index is 1.82. The number of hydrogen-bond acceptors (Lipinski definition) is 4. The van der Waals surface area contributed by atoms with Gasteiger partial charge in [-0.1, -0.05) is 0 Å².